The van der Waals surface area contributed by atoms with Gasteiger partial charge in [0.25, 0.3) is 0 Å². The second kappa shape index (κ2) is 8.25. The number of benzene rings is 1. The molecular weight excluding hydrogens is 264 g/mol. The van der Waals surface area contributed by atoms with Crippen LogP contribution in [0.1, 0.15) is 6.92 Å². The van der Waals surface area contributed by atoms with Crippen molar-refractivity contribution >= 4 is 18.1 Å². The molecule has 19 heavy (non-hydrogen) atoms. The minimum atomic E-state index is 0. The minimum absolute atomic E-state index is 0. The van der Waals surface area contributed by atoms with Crippen molar-refractivity contribution in [3.63, 3.8) is 0 Å². The highest BCUT2D eigenvalue weighted by Crippen LogP contribution is 2.21. The molecule has 1 aliphatic rings. The summed E-state index contributed by atoms with van der Waals surface area (Å²) < 4.78 is 10.5. The SMILES string of the molecule is COCCOc1ccc(N2CCNCC2C)cc1.Cl. The van der Waals surface area contributed by atoms with E-state index in [2.05, 4.69) is 29.3 Å². The van der Waals surface area contributed by atoms with Crippen LogP contribution in [0.25, 0.3) is 0 Å². The lowest BCUT2D eigenvalue weighted by Crippen LogP contribution is -2.49. The van der Waals surface area contributed by atoms with Gasteiger partial charge in [-0.1, -0.05) is 0 Å². The Balaban J connectivity index is 0.00000180. The second-order valence-electron chi connectivity index (χ2n) is 4.58. The lowest BCUT2D eigenvalue weighted by Gasteiger charge is -2.35. The van der Waals surface area contributed by atoms with Gasteiger partial charge in [-0.05, 0) is 31.2 Å². The van der Waals surface area contributed by atoms with E-state index in [0.29, 0.717) is 19.3 Å². The van der Waals surface area contributed by atoms with Gasteiger partial charge < -0.3 is 19.7 Å². The number of methoxy groups -OCH3 is 1. The van der Waals surface area contributed by atoms with E-state index >= 15 is 0 Å². The van der Waals surface area contributed by atoms with Crippen LogP contribution in [0.4, 0.5) is 5.69 Å². The summed E-state index contributed by atoms with van der Waals surface area (Å²) in [5.41, 5.74) is 1.27. The summed E-state index contributed by atoms with van der Waals surface area (Å²) >= 11 is 0. The third-order valence-corrected chi connectivity index (χ3v) is 3.23. The van der Waals surface area contributed by atoms with Crippen molar-refractivity contribution in [3.05, 3.63) is 24.3 Å². The predicted molar refractivity (Wildman–Crippen MR) is 80.7 cm³/mol. The molecule has 1 aromatic rings. The van der Waals surface area contributed by atoms with Gasteiger partial charge in [-0.15, -0.1) is 12.4 Å². The number of ether oxygens (including phenoxy) is 2. The van der Waals surface area contributed by atoms with E-state index in [9.17, 15) is 0 Å². The number of nitrogens with zero attached hydrogens (tertiary/aromatic N) is 1. The average Bonchev–Trinajstić information content (AvgIpc) is 2.41. The third kappa shape index (κ3) is 4.56. The van der Waals surface area contributed by atoms with Crippen molar-refractivity contribution < 1.29 is 9.47 Å². The van der Waals surface area contributed by atoms with Gasteiger partial charge in [-0.25, -0.2) is 0 Å². The van der Waals surface area contributed by atoms with E-state index in [4.69, 9.17) is 9.47 Å². The van der Waals surface area contributed by atoms with Gasteiger partial charge in [0.05, 0.1) is 6.61 Å². The molecule has 4 nitrogen and oxygen atoms in total. The monoisotopic (exact) mass is 286 g/mol. The molecule has 0 amide bonds. The normalized spacial score (nSPS) is 18.8. The van der Waals surface area contributed by atoms with Crippen LogP contribution in [-0.2, 0) is 4.74 Å². The van der Waals surface area contributed by atoms with Gasteiger partial charge in [0.1, 0.15) is 12.4 Å². The Kier molecular flexibility index (Phi) is 6.99. The second-order valence-corrected chi connectivity index (χ2v) is 4.58. The number of halogens is 1. The maximum absolute atomic E-state index is 5.56. The van der Waals surface area contributed by atoms with E-state index < -0.39 is 0 Å². The van der Waals surface area contributed by atoms with Crippen molar-refractivity contribution in [2.45, 2.75) is 13.0 Å². The number of hydrogen-bond donors (Lipinski definition) is 1. The molecule has 1 atom stereocenters. The topological polar surface area (TPSA) is 33.7 Å². The summed E-state index contributed by atoms with van der Waals surface area (Å²) in [6.45, 7) is 6.62. The molecule has 108 valence electrons. The van der Waals surface area contributed by atoms with Gasteiger partial charge >= 0.3 is 0 Å². The first-order valence-electron chi connectivity index (χ1n) is 6.50. The lowest BCUT2D eigenvalue weighted by atomic mass is 10.2. The van der Waals surface area contributed by atoms with Crippen molar-refractivity contribution in [3.8, 4) is 5.75 Å². The number of anilines is 1. The molecule has 1 aromatic carbocycles. The molecule has 0 aliphatic carbocycles. The summed E-state index contributed by atoms with van der Waals surface area (Å²) in [5.74, 6) is 0.901. The average molecular weight is 287 g/mol. The van der Waals surface area contributed by atoms with Crippen LogP contribution in [0.3, 0.4) is 0 Å². The van der Waals surface area contributed by atoms with Crippen molar-refractivity contribution in [1.82, 2.24) is 5.32 Å². The molecule has 1 heterocycles. The fraction of sp³-hybridized carbons (Fsp3) is 0.571. The van der Waals surface area contributed by atoms with Crippen molar-refractivity contribution in [2.75, 3.05) is 44.9 Å². The number of piperazine rings is 1. The Morgan fingerprint density at radius 3 is 2.63 bits per heavy atom. The Morgan fingerprint density at radius 2 is 2.00 bits per heavy atom. The summed E-state index contributed by atoms with van der Waals surface area (Å²) in [6.07, 6.45) is 0. The molecule has 0 aromatic heterocycles. The van der Waals surface area contributed by atoms with E-state index in [1.807, 2.05) is 12.1 Å². The Hall–Kier alpha value is -0.970. The van der Waals surface area contributed by atoms with Gasteiger partial charge in [0, 0.05) is 38.5 Å². The molecule has 1 unspecified atom stereocenters. The zero-order valence-corrected chi connectivity index (χ0v) is 12.4. The van der Waals surface area contributed by atoms with Gasteiger partial charge in [0.2, 0.25) is 0 Å². The molecule has 0 radical (unpaired) electrons. The molecule has 2 rings (SSSR count). The Morgan fingerprint density at radius 1 is 1.26 bits per heavy atom. The highest BCUT2D eigenvalue weighted by atomic mass is 35.5. The van der Waals surface area contributed by atoms with E-state index in [1.165, 1.54) is 5.69 Å². The molecule has 0 bridgehead atoms. The molecule has 1 fully saturated rings. The van der Waals surface area contributed by atoms with Crippen LogP contribution >= 0.6 is 12.4 Å². The summed E-state index contributed by atoms with van der Waals surface area (Å²) in [4.78, 5) is 2.43. The lowest BCUT2D eigenvalue weighted by molar-refractivity contribution is 0.146. The molecular formula is C14H23ClN2O2. The molecule has 5 heteroatoms. The summed E-state index contributed by atoms with van der Waals surface area (Å²) in [6, 6.07) is 8.85. The third-order valence-electron chi connectivity index (χ3n) is 3.23. The predicted octanol–water partition coefficient (Wildman–Crippen LogP) is 1.93. The Bertz CT molecular complexity index is 359. The largest absolute Gasteiger partial charge is 0.491 e. The fourth-order valence-corrected chi connectivity index (χ4v) is 2.20. The first-order valence-corrected chi connectivity index (χ1v) is 6.50. The van der Waals surface area contributed by atoms with Crippen molar-refractivity contribution in [1.29, 1.82) is 0 Å². The number of nitrogens with one attached hydrogen (secondary N) is 1. The van der Waals surface area contributed by atoms with Crippen LogP contribution in [0, 0.1) is 0 Å². The maximum Gasteiger partial charge on any atom is 0.119 e. The smallest absolute Gasteiger partial charge is 0.119 e. The quantitative estimate of drug-likeness (QED) is 0.839. The molecule has 0 spiro atoms. The number of hydrogen-bond acceptors (Lipinski definition) is 4. The zero-order chi connectivity index (χ0) is 12.8. The van der Waals surface area contributed by atoms with E-state index in [-0.39, 0.29) is 12.4 Å². The minimum Gasteiger partial charge on any atom is -0.491 e. The molecule has 1 saturated heterocycles. The van der Waals surface area contributed by atoms with Crippen LogP contribution < -0.4 is 15.0 Å². The highest BCUT2D eigenvalue weighted by molar-refractivity contribution is 5.85. The van der Waals surface area contributed by atoms with Crippen LogP contribution in [0.5, 0.6) is 5.75 Å². The molecule has 1 N–H and O–H groups in total. The van der Waals surface area contributed by atoms with Gasteiger partial charge in [-0.3, -0.25) is 0 Å². The van der Waals surface area contributed by atoms with Crippen LogP contribution in [0.15, 0.2) is 24.3 Å². The van der Waals surface area contributed by atoms with Crippen LogP contribution in [-0.4, -0.2) is 46.0 Å². The zero-order valence-electron chi connectivity index (χ0n) is 11.6. The van der Waals surface area contributed by atoms with Gasteiger partial charge in [-0.2, -0.15) is 0 Å². The standard InChI is InChI=1S/C14H22N2O2.ClH/c1-12-11-15-7-8-16(12)13-3-5-14(6-4-13)18-10-9-17-2;/h3-6,12,15H,7-11H2,1-2H3;1H. The molecule has 0 saturated carbocycles. The summed E-state index contributed by atoms with van der Waals surface area (Å²) in [7, 11) is 1.68. The highest BCUT2D eigenvalue weighted by Gasteiger charge is 2.17. The fourth-order valence-electron chi connectivity index (χ4n) is 2.20. The first-order chi connectivity index (χ1) is 8.81. The maximum atomic E-state index is 5.56. The number of rotatable bonds is 5. The van der Waals surface area contributed by atoms with E-state index in [0.717, 1.165) is 25.4 Å². The van der Waals surface area contributed by atoms with E-state index in [1.54, 1.807) is 7.11 Å². The Labute approximate surface area is 121 Å². The first kappa shape index (κ1) is 16.1. The van der Waals surface area contributed by atoms with Crippen LogP contribution in [0.2, 0.25) is 0 Å². The summed E-state index contributed by atoms with van der Waals surface area (Å²) in [5, 5.41) is 3.40. The molecule has 1 aliphatic heterocycles. The van der Waals surface area contributed by atoms with Gasteiger partial charge in [0.15, 0.2) is 0 Å². The van der Waals surface area contributed by atoms with Crippen molar-refractivity contribution in [2.24, 2.45) is 0 Å².